The van der Waals surface area contributed by atoms with Crippen LogP contribution in [0.2, 0.25) is 0 Å². The molecule has 1 aromatic rings. The molecule has 0 aliphatic rings. The highest BCUT2D eigenvalue weighted by molar-refractivity contribution is 14.1. The van der Waals surface area contributed by atoms with E-state index in [-0.39, 0.29) is 11.5 Å². The highest BCUT2D eigenvalue weighted by Gasteiger charge is 2.11. The Balaban J connectivity index is 2.95. The smallest absolute Gasteiger partial charge is 0.394 e. The molecule has 0 spiro atoms. The molecule has 1 aromatic carbocycles. The first-order valence-corrected chi connectivity index (χ1v) is 4.63. The van der Waals surface area contributed by atoms with Crippen LogP contribution < -0.4 is 4.74 Å². The Morgan fingerprint density at radius 1 is 1.29 bits per heavy atom. The summed E-state index contributed by atoms with van der Waals surface area (Å²) < 4.78 is 9.05. The van der Waals surface area contributed by atoms with Crippen molar-refractivity contribution in [3.05, 3.63) is 29.8 Å². The molecule has 0 fully saturated rings. The van der Waals surface area contributed by atoms with E-state index in [0.29, 0.717) is 5.56 Å². The maximum absolute atomic E-state index is 11.1. The summed E-state index contributed by atoms with van der Waals surface area (Å²) in [6, 6.07) is 6.48. The van der Waals surface area contributed by atoms with Crippen molar-refractivity contribution >= 4 is 34.9 Å². The minimum atomic E-state index is -0.848. The van der Waals surface area contributed by atoms with Gasteiger partial charge in [-0.05, 0) is 19.1 Å². The molecule has 74 valence electrons. The van der Waals surface area contributed by atoms with E-state index in [9.17, 15) is 9.59 Å². The summed E-state index contributed by atoms with van der Waals surface area (Å²) in [7, 11) is 0. The number of ether oxygens (including phenoxy) is 1. The topological polar surface area (TPSA) is 52.6 Å². The third-order valence-electron chi connectivity index (χ3n) is 1.52. The van der Waals surface area contributed by atoms with Gasteiger partial charge in [-0.25, -0.2) is 4.79 Å². The molecule has 0 radical (unpaired) electrons. The molecule has 0 aromatic heterocycles. The molecule has 5 heteroatoms. The van der Waals surface area contributed by atoms with Crippen LogP contribution in [0, 0.1) is 0 Å². The number of rotatable bonds is 2. The molecule has 0 saturated heterocycles. The predicted octanol–water partition coefficient (Wildman–Crippen LogP) is 2.75. The average Bonchev–Trinajstić information content (AvgIpc) is 2.18. The van der Waals surface area contributed by atoms with Gasteiger partial charge >= 0.3 is 6.16 Å². The van der Waals surface area contributed by atoms with Crippen LogP contribution in [-0.4, -0.2) is 11.9 Å². The molecule has 0 saturated carbocycles. The summed E-state index contributed by atoms with van der Waals surface area (Å²) in [5, 5.41) is 0. The van der Waals surface area contributed by atoms with Crippen LogP contribution in [0.4, 0.5) is 4.79 Å². The quantitative estimate of drug-likeness (QED) is 0.365. The summed E-state index contributed by atoms with van der Waals surface area (Å²) in [5.74, 6) is 0.0449. The van der Waals surface area contributed by atoms with E-state index in [1.165, 1.54) is 36.0 Å². The van der Waals surface area contributed by atoms with E-state index in [1.54, 1.807) is 18.2 Å². The second-order valence-electron chi connectivity index (χ2n) is 2.48. The predicted molar refractivity (Wildman–Crippen MR) is 57.6 cm³/mol. The van der Waals surface area contributed by atoms with E-state index in [1.807, 2.05) is 0 Å². The Kier molecular flexibility index (Phi) is 3.87. The van der Waals surface area contributed by atoms with Crippen LogP contribution in [0.1, 0.15) is 17.3 Å². The minimum absolute atomic E-state index is 0.165. The molecule has 0 heterocycles. The molecule has 0 N–H and O–H groups in total. The number of Topliss-reactive ketones (excluding diaryl/α,β-unsaturated/α-hetero) is 1. The normalized spacial score (nSPS) is 9.29. The standard InChI is InChI=1S/C9H7IO4/c1-6(11)7-4-2-3-5-8(7)13-9(12)14-10/h2-5H,1H3. The van der Waals surface area contributed by atoms with Crippen molar-refractivity contribution in [3.63, 3.8) is 0 Å². The molecule has 0 aliphatic carbocycles. The van der Waals surface area contributed by atoms with Gasteiger partial charge in [0.1, 0.15) is 5.75 Å². The highest BCUT2D eigenvalue weighted by atomic mass is 127. The number of para-hydroxylation sites is 1. The van der Waals surface area contributed by atoms with Crippen LogP contribution in [0.5, 0.6) is 5.75 Å². The zero-order valence-corrected chi connectivity index (χ0v) is 9.48. The van der Waals surface area contributed by atoms with Crippen molar-refractivity contribution in [1.82, 2.24) is 0 Å². The lowest BCUT2D eigenvalue weighted by atomic mass is 10.1. The van der Waals surface area contributed by atoms with Crippen molar-refractivity contribution in [3.8, 4) is 5.75 Å². The first kappa shape index (κ1) is 11.0. The molecular weight excluding hydrogens is 299 g/mol. The molecule has 0 bridgehead atoms. The lowest BCUT2D eigenvalue weighted by molar-refractivity contribution is 0.101. The lowest BCUT2D eigenvalue weighted by Crippen LogP contribution is -2.07. The zero-order chi connectivity index (χ0) is 10.6. The van der Waals surface area contributed by atoms with Crippen LogP contribution in [-0.2, 0) is 3.07 Å². The fourth-order valence-electron chi connectivity index (χ4n) is 0.952. The van der Waals surface area contributed by atoms with Gasteiger partial charge in [0.25, 0.3) is 0 Å². The Labute approximate surface area is 94.9 Å². The lowest BCUT2D eigenvalue weighted by Gasteiger charge is -2.04. The van der Waals surface area contributed by atoms with Crippen LogP contribution in [0.15, 0.2) is 24.3 Å². The van der Waals surface area contributed by atoms with E-state index < -0.39 is 6.16 Å². The first-order chi connectivity index (χ1) is 6.65. The Morgan fingerprint density at radius 3 is 2.50 bits per heavy atom. The van der Waals surface area contributed by atoms with Crippen LogP contribution in [0.25, 0.3) is 0 Å². The third-order valence-corrected chi connectivity index (χ3v) is 1.88. The second-order valence-corrected chi connectivity index (χ2v) is 2.92. The summed E-state index contributed by atoms with van der Waals surface area (Å²) >= 11 is 1.41. The SMILES string of the molecule is CC(=O)c1ccccc1OC(=O)OI. The number of carbonyl (C=O) groups excluding carboxylic acids is 2. The summed E-state index contributed by atoms with van der Waals surface area (Å²) in [5.41, 5.74) is 0.356. The number of ketones is 1. The zero-order valence-electron chi connectivity index (χ0n) is 7.32. The van der Waals surface area contributed by atoms with Gasteiger partial charge in [-0.15, -0.1) is 0 Å². The van der Waals surface area contributed by atoms with Crippen LogP contribution >= 0.6 is 23.0 Å². The maximum Gasteiger partial charge on any atom is 0.523 e. The maximum atomic E-state index is 11.1. The van der Waals surface area contributed by atoms with Crippen molar-refractivity contribution in [1.29, 1.82) is 0 Å². The van der Waals surface area contributed by atoms with Crippen molar-refractivity contribution in [2.75, 3.05) is 0 Å². The van der Waals surface area contributed by atoms with Gasteiger partial charge < -0.3 is 7.80 Å². The molecule has 0 unspecified atom stereocenters. The summed E-state index contributed by atoms with van der Waals surface area (Å²) in [4.78, 5) is 21.9. The van der Waals surface area contributed by atoms with Crippen molar-refractivity contribution in [2.45, 2.75) is 6.92 Å². The average molecular weight is 306 g/mol. The monoisotopic (exact) mass is 306 g/mol. The fraction of sp³-hybridized carbons (Fsp3) is 0.111. The number of benzene rings is 1. The summed E-state index contributed by atoms with van der Waals surface area (Å²) in [6.07, 6.45) is -0.848. The van der Waals surface area contributed by atoms with Crippen molar-refractivity contribution < 1.29 is 17.4 Å². The molecule has 1 rings (SSSR count). The number of halogens is 1. The van der Waals surface area contributed by atoms with E-state index in [2.05, 4.69) is 3.07 Å². The minimum Gasteiger partial charge on any atom is -0.394 e. The molecule has 0 aliphatic heterocycles. The van der Waals surface area contributed by atoms with E-state index in [0.717, 1.165) is 0 Å². The molecule has 4 nitrogen and oxygen atoms in total. The molecular formula is C9H7IO4. The molecule has 0 amide bonds. The van der Waals surface area contributed by atoms with Gasteiger partial charge in [-0.1, -0.05) is 12.1 Å². The van der Waals surface area contributed by atoms with E-state index in [4.69, 9.17) is 4.74 Å². The van der Waals surface area contributed by atoms with Gasteiger partial charge in [0, 0.05) is 0 Å². The van der Waals surface area contributed by atoms with Gasteiger partial charge in [0.15, 0.2) is 28.8 Å². The number of hydrogen-bond acceptors (Lipinski definition) is 4. The van der Waals surface area contributed by atoms with Gasteiger partial charge in [-0.3, -0.25) is 4.79 Å². The van der Waals surface area contributed by atoms with E-state index >= 15 is 0 Å². The van der Waals surface area contributed by atoms with Gasteiger partial charge in [-0.2, -0.15) is 0 Å². The Morgan fingerprint density at radius 2 is 1.93 bits per heavy atom. The van der Waals surface area contributed by atoms with Gasteiger partial charge in [0.2, 0.25) is 0 Å². The Bertz CT molecular complexity index is 362. The third kappa shape index (κ3) is 2.69. The first-order valence-electron chi connectivity index (χ1n) is 3.75. The molecule has 0 atom stereocenters. The second kappa shape index (κ2) is 4.94. The fourth-order valence-corrected chi connectivity index (χ4v) is 1.04. The summed E-state index contributed by atoms with van der Waals surface area (Å²) in [6.45, 7) is 1.40. The Hall–Kier alpha value is -1.11. The van der Waals surface area contributed by atoms with Crippen LogP contribution in [0.3, 0.4) is 0 Å². The molecule has 14 heavy (non-hydrogen) atoms. The van der Waals surface area contributed by atoms with Gasteiger partial charge in [0.05, 0.1) is 5.56 Å². The number of hydrogen-bond donors (Lipinski definition) is 0. The largest absolute Gasteiger partial charge is 0.523 e. The number of carbonyl (C=O) groups is 2. The van der Waals surface area contributed by atoms with Crippen molar-refractivity contribution in [2.24, 2.45) is 0 Å². The highest BCUT2D eigenvalue weighted by Crippen LogP contribution is 2.19.